The molecule has 1 fully saturated rings. The molecule has 0 saturated carbocycles. The number of carbonyl (C=O) groups is 2. The summed E-state index contributed by atoms with van der Waals surface area (Å²) in [5, 5.41) is 20.4. The van der Waals surface area contributed by atoms with Gasteiger partial charge in [0.1, 0.15) is 35.4 Å². The minimum absolute atomic E-state index is 0.0377. The fourth-order valence-electron chi connectivity index (χ4n) is 4.40. The smallest absolute Gasteiger partial charge is 0.342 e. The second-order valence-electron chi connectivity index (χ2n) is 9.80. The van der Waals surface area contributed by atoms with E-state index >= 15 is 0 Å². The van der Waals surface area contributed by atoms with Crippen LogP contribution in [0, 0.1) is 5.92 Å². The van der Waals surface area contributed by atoms with Crippen LogP contribution < -0.4 is 0 Å². The zero-order chi connectivity index (χ0) is 26.7. The van der Waals surface area contributed by atoms with Gasteiger partial charge in [-0.05, 0) is 57.0 Å². The fourth-order valence-corrected chi connectivity index (χ4v) is 4.40. The first kappa shape index (κ1) is 26.4. The molecule has 2 aromatic rings. The maximum atomic E-state index is 13.0. The number of hydrogen-bond donors (Lipinski definition) is 2. The van der Waals surface area contributed by atoms with Gasteiger partial charge in [0, 0.05) is 12.0 Å². The van der Waals surface area contributed by atoms with E-state index < -0.39 is 42.1 Å². The van der Waals surface area contributed by atoms with Crippen molar-refractivity contribution >= 4 is 18.0 Å². The summed E-state index contributed by atoms with van der Waals surface area (Å²) < 4.78 is 23.9. The van der Waals surface area contributed by atoms with Gasteiger partial charge in [-0.3, -0.25) is 0 Å². The number of phenols is 2. The largest absolute Gasteiger partial charge is 0.508 e. The third-order valence-electron chi connectivity index (χ3n) is 6.44. The Bertz CT molecular complexity index is 1200. The van der Waals surface area contributed by atoms with Crippen molar-refractivity contribution in [1.82, 2.24) is 0 Å². The number of ether oxygens (including phenoxy) is 4. The van der Waals surface area contributed by atoms with Crippen molar-refractivity contribution in [3.05, 3.63) is 77.4 Å². The van der Waals surface area contributed by atoms with Crippen molar-refractivity contribution in [2.24, 2.45) is 5.92 Å². The quantitative estimate of drug-likeness (QED) is 0.431. The van der Waals surface area contributed by atoms with Gasteiger partial charge in [-0.15, -0.1) is 0 Å². The average Bonchev–Trinajstić information content (AvgIpc) is 3.14. The molecule has 2 aromatic carbocycles. The van der Waals surface area contributed by atoms with Crippen molar-refractivity contribution in [3.8, 4) is 11.5 Å². The van der Waals surface area contributed by atoms with Gasteiger partial charge in [0.25, 0.3) is 0 Å². The van der Waals surface area contributed by atoms with Crippen molar-refractivity contribution in [2.75, 3.05) is 0 Å². The third kappa shape index (κ3) is 6.21. The van der Waals surface area contributed by atoms with Gasteiger partial charge in [-0.25, -0.2) is 9.59 Å². The first-order valence-electron chi connectivity index (χ1n) is 12.3. The Kier molecular flexibility index (Phi) is 7.71. The number of hydrogen-bond acceptors (Lipinski definition) is 8. The molecule has 8 heteroatoms. The van der Waals surface area contributed by atoms with Crippen LogP contribution in [0.5, 0.6) is 11.5 Å². The van der Waals surface area contributed by atoms with Gasteiger partial charge >= 0.3 is 11.9 Å². The number of aromatic hydroxyl groups is 2. The molecule has 2 aliphatic heterocycles. The highest BCUT2D eigenvalue weighted by atomic mass is 16.8. The van der Waals surface area contributed by atoms with Crippen molar-refractivity contribution in [2.45, 2.75) is 64.3 Å². The van der Waals surface area contributed by atoms with E-state index in [0.29, 0.717) is 17.5 Å². The van der Waals surface area contributed by atoms with Crippen molar-refractivity contribution in [1.29, 1.82) is 0 Å². The fraction of sp³-hybridized carbons (Fsp3) is 0.379. The molecular weight excluding hydrogens is 476 g/mol. The SMILES string of the molecule is C[C@@H]1C=CC(OC(=O)c2ccccc2)C2OC(C)(C)O[C@H]2CC=Cc2cc(O)cc(O)c2C(=O)O[C@H]1C. The summed E-state index contributed by atoms with van der Waals surface area (Å²) in [4.78, 5) is 25.9. The number of rotatable bonds is 2. The normalized spacial score (nSPS) is 27.5. The Balaban J connectivity index is 1.72. The molecule has 5 atom stereocenters. The Labute approximate surface area is 216 Å². The van der Waals surface area contributed by atoms with E-state index in [2.05, 4.69) is 0 Å². The van der Waals surface area contributed by atoms with E-state index in [1.54, 1.807) is 63.3 Å². The van der Waals surface area contributed by atoms with Gasteiger partial charge in [0.15, 0.2) is 5.79 Å². The number of benzene rings is 2. The topological polar surface area (TPSA) is 112 Å². The molecule has 37 heavy (non-hydrogen) atoms. The van der Waals surface area contributed by atoms with E-state index in [-0.39, 0.29) is 23.0 Å². The van der Waals surface area contributed by atoms with Crippen LogP contribution in [0.3, 0.4) is 0 Å². The molecule has 1 saturated heterocycles. The lowest BCUT2D eigenvalue weighted by Crippen LogP contribution is -2.37. The second kappa shape index (κ2) is 10.8. The zero-order valence-electron chi connectivity index (χ0n) is 21.3. The van der Waals surface area contributed by atoms with Crippen LogP contribution in [0.1, 0.15) is 60.4 Å². The molecule has 0 aliphatic carbocycles. The van der Waals surface area contributed by atoms with Crippen molar-refractivity contribution < 1.29 is 38.7 Å². The van der Waals surface area contributed by atoms with Gasteiger partial charge in [0.05, 0.1) is 11.7 Å². The van der Waals surface area contributed by atoms with E-state index in [9.17, 15) is 19.8 Å². The molecule has 0 amide bonds. The first-order valence-corrected chi connectivity index (χ1v) is 12.3. The van der Waals surface area contributed by atoms with E-state index in [1.165, 1.54) is 6.07 Å². The summed E-state index contributed by atoms with van der Waals surface area (Å²) in [5.41, 5.74) is 0.678. The Morgan fingerprint density at radius 2 is 1.78 bits per heavy atom. The number of fused-ring (bicyclic) bond motifs is 2. The predicted octanol–water partition coefficient (Wildman–Crippen LogP) is 5.00. The van der Waals surface area contributed by atoms with E-state index in [1.807, 2.05) is 19.1 Å². The molecule has 0 aromatic heterocycles. The predicted molar refractivity (Wildman–Crippen MR) is 136 cm³/mol. The van der Waals surface area contributed by atoms with Gasteiger partial charge in [0.2, 0.25) is 0 Å². The summed E-state index contributed by atoms with van der Waals surface area (Å²) >= 11 is 0. The Morgan fingerprint density at radius 1 is 1.05 bits per heavy atom. The highest BCUT2D eigenvalue weighted by Gasteiger charge is 2.45. The lowest BCUT2D eigenvalue weighted by Gasteiger charge is -2.25. The van der Waals surface area contributed by atoms with Gasteiger partial charge in [-0.2, -0.15) is 0 Å². The van der Waals surface area contributed by atoms with E-state index in [0.717, 1.165) is 6.07 Å². The van der Waals surface area contributed by atoms with Crippen LogP contribution in [-0.4, -0.2) is 52.4 Å². The van der Waals surface area contributed by atoms with Gasteiger partial charge < -0.3 is 29.2 Å². The lowest BCUT2D eigenvalue weighted by molar-refractivity contribution is -0.152. The molecule has 0 bridgehead atoms. The molecule has 0 radical (unpaired) electrons. The number of cyclic esters (lactones) is 1. The molecule has 8 nitrogen and oxygen atoms in total. The number of carbonyl (C=O) groups excluding carboxylic acids is 2. The summed E-state index contributed by atoms with van der Waals surface area (Å²) in [6.07, 6.45) is 4.82. The number of phenolic OH excluding ortho intramolecular Hbond substituents is 2. The summed E-state index contributed by atoms with van der Waals surface area (Å²) in [6.45, 7) is 7.18. The highest BCUT2D eigenvalue weighted by Crippen LogP contribution is 2.35. The van der Waals surface area contributed by atoms with E-state index in [4.69, 9.17) is 18.9 Å². The molecule has 4 rings (SSSR count). The third-order valence-corrected chi connectivity index (χ3v) is 6.44. The molecule has 2 unspecified atom stereocenters. The van der Waals surface area contributed by atoms with Crippen LogP contribution in [-0.2, 0) is 18.9 Å². The molecule has 2 aliphatic rings. The van der Waals surface area contributed by atoms with Crippen LogP contribution in [0.25, 0.3) is 6.08 Å². The monoisotopic (exact) mass is 508 g/mol. The minimum atomic E-state index is -0.922. The average molecular weight is 509 g/mol. The van der Waals surface area contributed by atoms with Gasteiger partial charge in [-0.1, -0.05) is 43.4 Å². The summed E-state index contributed by atoms with van der Waals surface area (Å²) in [5.74, 6) is -2.96. The summed E-state index contributed by atoms with van der Waals surface area (Å²) in [7, 11) is 0. The molecule has 2 N–H and O–H groups in total. The molecule has 196 valence electrons. The maximum absolute atomic E-state index is 13.0. The Morgan fingerprint density at radius 3 is 2.51 bits per heavy atom. The van der Waals surface area contributed by atoms with Crippen molar-refractivity contribution in [3.63, 3.8) is 0 Å². The first-order chi connectivity index (χ1) is 17.5. The molecule has 2 heterocycles. The van der Waals surface area contributed by atoms with Crippen LogP contribution >= 0.6 is 0 Å². The van der Waals surface area contributed by atoms with Crippen LogP contribution in [0.2, 0.25) is 0 Å². The van der Waals surface area contributed by atoms with Crippen LogP contribution in [0.4, 0.5) is 0 Å². The maximum Gasteiger partial charge on any atom is 0.342 e. The summed E-state index contributed by atoms with van der Waals surface area (Å²) in [6, 6.07) is 11.2. The molecule has 0 spiro atoms. The van der Waals surface area contributed by atoms with Crippen LogP contribution in [0.15, 0.2) is 60.7 Å². The lowest BCUT2D eigenvalue weighted by atomic mass is 9.98. The second-order valence-corrected chi connectivity index (χ2v) is 9.80. The molecular formula is C29H32O8. The minimum Gasteiger partial charge on any atom is -0.508 e. The Hall–Kier alpha value is -3.62. The zero-order valence-corrected chi connectivity index (χ0v) is 21.3. The standard InChI is InChI=1S/C29H32O8/c1-17-13-14-23(35-27(32)19-9-6-5-7-10-19)26-24(36-29(3,4)37-26)12-8-11-20-15-21(30)16-22(31)25(20)28(33)34-18(17)2/h5-11,13-18,23-24,26,30-31H,12H2,1-4H3/t17-,18+,23?,24+,26?/m1/s1. The highest BCUT2D eigenvalue weighted by molar-refractivity contribution is 5.97. The number of esters is 2.